The van der Waals surface area contributed by atoms with Gasteiger partial charge in [0.15, 0.2) is 5.72 Å². The zero-order chi connectivity index (χ0) is 68.0. The van der Waals surface area contributed by atoms with Gasteiger partial charge in [-0.3, -0.25) is 34.1 Å². The zero-order valence-corrected chi connectivity index (χ0v) is 57.2. The van der Waals surface area contributed by atoms with Crippen molar-refractivity contribution in [2.45, 2.75) is 173 Å². The largest absolute Gasteiger partial charge is 0.495 e. The van der Waals surface area contributed by atoms with Crippen molar-refractivity contribution in [1.82, 2.24) is 26.2 Å². The van der Waals surface area contributed by atoms with Gasteiger partial charge in [0.1, 0.15) is 70.0 Å². The van der Waals surface area contributed by atoms with E-state index < -0.39 is 148 Å². The van der Waals surface area contributed by atoms with Gasteiger partial charge in [-0.25, -0.2) is 23.2 Å². The molecule has 5 rings (SSSR count). The van der Waals surface area contributed by atoms with Gasteiger partial charge in [0, 0.05) is 63.2 Å². The van der Waals surface area contributed by atoms with E-state index in [0.29, 0.717) is 54.0 Å². The highest BCUT2D eigenvalue weighted by atomic mass is 79.9. The number of carbonyl (C=O) groups excluding carboxylic acids is 9. The van der Waals surface area contributed by atoms with Crippen molar-refractivity contribution >= 4 is 108 Å². The molecule has 0 spiro atoms. The summed E-state index contributed by atoms with van der Waals surface area (Å²) in [5.74, 6) is -9.56. The number of alkyl halides is 2. The number of urea groups is 1. The van der Waals surface area contributed by atoms with Gasteiger partial charge >= 0.3 is 24.1 Å². The van der Waals surface area contributed by atoms with Crippen molar-refractivity contribution < 1.29 is 85.5 Å². The maximum Gasteiger partial charge on any atom is 0.409 e. The fraction of sp³-hybridized carbons (Fsp3) is 0.597. The molecule has 10 atom stereocenters. The highest BCUT2D eigenvalue weighted by Crippen LogP contribution is 2.49. The lowest BCUT2D eigenvalue weighted by atomic mass is 9.83. The molecule has 8 amide bonds. The zero-order valence-electron chi connectivity index (χ0n) is 53.2. The molecule has 8 N–H and O–H groups in total. The molecule has 91 heavy (non-hydrogen) atoms. The first-order valence-corrected chi connectivity index (χ1v) is 32.4. The Morgan fingerprint density at radius 1 is 0.989 bits per heavy atom. The molecule has 0 saturated carbocycles. The number of nitrogens with zero attached hydrogens (tertiary/aromatic N) is 2. The molecule has 0 aromatic heterocycles. The normalized spacial score (nSPS) is 23.8. The van der Waals surface area contributed by atoms with Crippen LogP contribution in [0.5, 0.6) is 5.75 Å². The van der Waals surface area contributed by atoms with Crippen LogP contribution in [-0.2, 0) is 58.9 Å². The van der Waals surface area contributed by atoms with Gasteiger partial charge in [-0.1, -0.05) is 88.0 Å². The van der Waals surface area contributed by atoms with E-state index in [0.717, 1.165) is 17.5 Å². The van der Waals surface area contributed by atoms with Crippen LogP contribution < -0.4 is 42.0 Å². The number of epoxide rings is 1. The number of nitrogens with two attached hydrogens (primary N) is 1. The predicted octanol–water partition coefficient (Wildman–Crippen LogP) is 7.41. The number of anilines is 2. The van der Waals surface area contributed by atoms with Crippen LogP contribution >= 0.6 is 43.5 Å². The van der Waals surface area contributed by atoms with E-state index in [1.165, 1.54) is 33.1 Å². The highest BCUT2D eigenvalue weighted by Gasteiger charge is 2.64. The lowest BCUT2D eigenvalue weighted by Gasteiger charge is -2.42. The molecular formula is C62H85Br2ClF2N8O16. The Bertz CT molecular complexity index is 3080. The SMILES string of the molecule is COc1cc2cc(c1Cl)N(C)C(=O)C[C@H](OC(=O)[C@H](C)N(C)C(=O)c1cc(F)c(NC(=O)[C@H](CCCNC(N)=O)NC(=O)[C@@H](NC(=O)CCCCC(C)(C)OC(=O)C(CBr)CBr)C(C)C)cc1F)[C@]1(C)O[C@H]1[C@H](C)[C@@H]1C[C@@](O)(NC(=O)O1)[C@H](OC)/C=C/C=C(\C)C2. The number of rotatable bonds is 25. The second-order valence-corrected chi connectivity index (χ2v) is 26.0. The third-order valence-corrected chi connectivity index (χ3v) is 18.3. The Morgan fingerprint density at radius 2 is 1.67 bits per heavy atom. The fourth-order valence-corrected chi connectivity index (χ4v) is 12.5. The summed E-state index contributed by atoms with van der Waals surface area (Å²) in [6.45, 7) is 13.2. The van der Waals surface area contributed by atoms with Crippen LogP contribution in [0.1, 0.15) is 123 Å². The van der Waals surface area contributed by atoms with Gasteiger partial charge in [0.05, 0.1) is 42.5 Å². The molecule has 3 heterocycles. The number of methoxy groups -OCH3 is 2. The number of hydrogen-bond acceptors (Lipinski definition) is 16. The molecular weight excluding hydrogens is 1350 g/mol. The van der Waals surface area contributed by atoms with Crippen LogP contribution in [-0.4, -0.2) is 169 Å². The number of esters is 2. The molecule has 0 unspecified atom stereocenters. The van der Waals surface area contributed by atoms with Crippen LogP contribution in [0.25, 0.3) is 0 Å². The Morgan fingerprint density at radius 3 is 2.30 bits per heavy atom. The van der Waals surface area contributed by atoms with Crippen molar-refractivity contribution in [3.8, 4) is 5.75 Å². The molecule has 2 aromatic rings. The Hall–Kier alpha value is -6.46. The molecule has 2 aromatic carbocycles. The lowest BCUT2D eigenvalue weighted by Crippen LogP contribution is -2.63. The highest BCUT2D eigenvalue weighted by molar-refractivity contribution is 9.09. The smallest absolute Gasteiger partial charge is 0.409 e. The maximum atomic E-state index is 16.2. The molecule has 2 saturated heterocycles. The van der Waals surface area contributed by atoms with Crippen molar-refractivity contribution in [1.29, 1.82) is 0 Å². The minimum Gasteiger partial charge on any atom is -0.495 e. The first-order chi connectivity index (χ1) is 42.6. The van der Waals surface area contributed by atoms with Crippen LogP contribution in [0.4, 0.5) is 29.7 Å². The Balaban J connectivity index is 1.34. The Kier molecular flexibility index (Phi) is 27.2. The number of unbranched alkanes of at least 4 members (excludes halogenated alkanes) is 1. The first-order valence-electron chi connectivity index (χ1n) is 29.8. The second kappa shape index (κ2) is 32.9. The van der Waals surface area contributed by atoms with E-state index in [9.17, 15) is 48.3 Å². The topological polar surface area (TPSA) is 325 Å². The van der Waals surface area contributed by atoms with Gasteiger partial charge in [-0.2, -0.15) is 0 Å². The number of halogens is 5. The number of ether oxygens (including phenoxy) is 6. The molecule has 0 radical (unpaired) electrons. The number of fused-ring (bicyclic) bond motifs is 5. The number of benzene rings is 2. The summed E-state index contributed by atoms with van der Waals surface area (Å²) in [5, 5.41) is 25.2. The summed E-state index contributed by atoms with van der Waals surface area (Å²) in [6.07, 6.45) is 0.574. The van der Waals surface area contributed by atoms with E-state index >= 15 is 8.78 Å². The third kappa shape index (κ3) is 20.0. The van der Waals surface area contributed by atoms with E-state index in [-0.39, 0.29) is 60.6 Å². The van der Waals surface area contributed by atoms with Crippen molar-refractivity contribution in [2.75, 3.05) is 55.7 Å². The molecule has 3 aliphatic rings. The summed E-state index contributed by atoms with van der Waals surface area (Å²) in [7, 11) is 5.38. The minimum atomic E-state index is -1.97. The van der Waals surface area contributed by atoms with E-state index in [4.69, 9.17) is 45.8 Å². The number of allylic oxidation sites excluding steroid dienone is 3. The molecule has 3 aliphatic heterocycles. The van der Waals surface area contributed by atoms with Crippen molar-refractivity contribution in [3.05, 3.63) is 75.9 Å². The van der Waals surface area contributed by atoms with E-state index in [1.54, 1.807) is 71.9 Å². The lowest BCUT2D eigenvalue weighted by molar-refractivity contribution is -0.161. The monoisotopic (exact) mass is 1430 g/mol. The first kappa shape index (κ1) is 75.3. The second-order valence-electron chi connectivity index (χ2n) is 24.3. The summed E-state index contributed by atoms with van der Waals surface area (Å²) in [5.41, 5.74) is 1.14. The standard InChI is InChI=1S/C62H85Br2ClF2N8O16/c1-32(2)51(72-48(76)20-13-14-21-60(6,7)91-57(82)37(30-63)31-64)54(79)70-41(18-16-22-69-58(68)83)53(78)71-42-27-39(66)38(26-40(42)67)55(80)74(9)35(5)56(81)89-47-28-49(77)75(10)43-24-36(25-44(86-11)50(43)65)23-33(3)17-15-19-46(87-12)62(85)29-45(88-59(84)73-62)34(4)52-61(47,8)90-52/h15,17,19,24-27,32,34-35,37,41,45-47,51-52,85H,13-14,16,18,20-23,28-31H2,1-12H3,(H,70,79)(H,71,78)(H,72,76)(H,73,84)(H3,68,69,83)/b19-15+,33-17+/t34-,35+,41+,45+,46-,47+,51+,52+,61+,62+/m1/s1. The molecule has 2 fully saturated rings. The van der Waals surface area contributed by atoms with Gasteiger partial charge in [0.25, 0.3) is 5.91 Å². The van der Waals surface area contributed by atoms with Crippen molar-refractivity contribution in [3.63, 3.8) is 0 Å². The summed E-state index contributed by atoms with van der Waals surface area (Å²) >= 11 is 13.4. The summed E-state index contributed by atoms with van der Waals surface area (Å²) in [6, 6.07) is -0.580. The van der Waals surface area contributed by atoms with E-state index in [2.05, 4.69) is 58.4 Å². The molecule has 0 aliphatic carbocycles. The quantitative estimate of drug-likeness (QED) is 0.0167. The van der Waals surface area contributed by atoms with Crippen LogP contribution in [0, 0.1) is 29.4 Å². The van der Waals surface area contributed by atoms with Crippen LogP contribution in [0.3, 0.4) is 0 Å². The van der Waals surface area contributed by atoms with Crippen molar-refractivity contribution in [2.24, 2.45) is 23.5 Å². The molecule has 4 bridgehead atoms. The maximum absolute atomic E-state index is 16.2. The summed E-state index contributed by atoms with van der Waals surface area (Å²) < 4.78 is 67.3. The number of nitrogens with one attached hydrogen (secondary N) is 5. The molecule has 504 valence electrons. The van der Waals surface area contributed by atoms with E-state index in [1.807, 2.05) is 6.92 Å². The fourth-order valence-electron chi connectivity index (χ4n) is 10.6. The van der Waals surface area contributed by atoms with Gasteiger partial charge in [-0.15, -0.1) is 0 Å². The van der Waals surface area contributed by atoms with Gasteiger partial charge < -0.3 is 70.3 Å². The predicted molar refractivity (Wildman–Crippen MR) is 341 cm³/mol. The number of carbonyl (C=O) groups is 9. The number of primary amides is 1. The van der Waals surface area contributed by atoms with Gasteiger partial charge in [-0.05, 0) is 103 Å². The number of likely N-dealkylation sites (N-methyl/N-ethyl adjacent to an activating group) is 1. The molecule has 24 nitrogen and oxygen atoms in total. The number of amides is 8. The minimum absolute atomic E-state index is 0.0119. The number of alkyl carbamates (subject to hydrolysis) is 1. The average Bonchev–Trinajstić information content (AvgIpc) is 1.58. The number of hydrogen-bond donors (Lipinski definition) is 7. The Labute approximate surface area is 550 Å². The van der Waals surface area contributed by atoms with Crippen LogP contribution in [0.2, 0.25) is 5.02 Å². The average molecular weight is 1430 g/mol. The van der Waals surface area contributed by atoms with Gasteiger partial charge in [0.2, 0.25) is 23.6 Å². The molecule has 29 heteroatoms. The summed E-state index contributed by atoms with van der Waals surface area (Å²) in [4.78, 5) is 123. The van der Waals surface area contributed by atoms with Crippen LogP contribution in [0.15, 0.2) is 48.1 Å². The number of aliphatic hydroxyl groups is 1. The third-order valence-electron chi connectivity index (χ3n) is 16.4.